The van der Waals surface area contributed by atoms with E-state index in [2.05, 4.69) is 4.18 Å². The number of halogens is 3. The Hall–Kier alpha value is -0.380. The van der Waals surface area contributed by atoms with Crippen LogP contribution in [-0.4, -0.2) is 46.5 Å². The van der Waals surface area contributed by atoms with E-state index in [0.29, 0.717) is 13.2 Å². The second-order valence-electron chi connectivity index (χ2n) is 3.66. The van der Waals surface area contributed by atoms with Crippen LogP contribution in [0.4, 0.5) is 13.2 Å². The first-order valence-corrected chi connectivity index (χ1v) is 6.22. The van der Waals surface area contributed by atoms with E-state index in [9.17, 15) is 21.6 Å². The van der Waals surface area contributed by atoms with E-state index < -0.39 is 27.8 Å². The number of methoxy groups -OCH3 is 1. The van der Waals surface area contributed by atoms with Gasteiger partial charge in [0, 0.05) is 33.2 Å². The Morgan fingerprint density at radius 1 is 1.29 bits per heavy atom. The highest BCUT2D eigenvalue weighted by Crippen LogP contribution is 2.29. The van der Waals surface area contributed by atoms with E-state index in [0.717, 1.165) is 0 Å². The van der Waals surface area contributed by atoms with Crippen molar-refractivity contribution in [2.75, 3.05) is 26.9 Å². The molecule has 0 aromatic carbocycles. The van der Waals surface area contributed by atoms with E-state index in [1.807, 2.05) is 0 Å². The highest BCUT2D eigenvalue weighted by atomic mass is 32.2. The van der Waals surface area contributed by atoms with Crippen molar-refractivity contribution in [2.24, 2.45) is 0 Å². The number of hydrogen-bond acceptors (Lipinski definition) is 5. The Kier molecular flexibility index (Phi) is 4.39. The molecule has 1 aliphatic rings. The first-order chi connectivity index (χ1) is 7.72. The lowest BCUT2D eigenvalue weighted by atomic mass is 9.95. The zero-order valence-corrected chi connectivity index (χ0v) is 9.94. The summed E-state index contributed by atoms with van der Waals surface area (Å²) >= 11 is 0. The van der Waals surface area contributed by atoms with Crippen molar-refractivity contribution in [1.82, 2.24) is 0 Å². The predicted octanol–water partition coefficient (Wildman–Crippen LogP) is 1.05. The van der Waals surface area contributed by atoms with Gasteiger partial charge in [0.25, 0.3) is 0 Å². The number of alkyl halides is 3. The first kappa shape index (κ1) is 14.7. The van der Waals surface area contributed by atoms with E-state index >= 15 is 0 Å². The van der Waals surface area contributed by atoms with Gasteiger partial charge in [-0.25, -0.2) is 0 Å². The molecule has 1 rings (SSSR count). The molecule has 1 saturated heterocycles. The van der Waals surface area contributed by atoms with Crippen LogP contribution in [0.25, 0.3) is 0 Å². The SMILES string of the molecule is COC1(COS(=O)(=O)C(F)(F)F)CCOCC1. The molecule has 0 radical (unpaired) electrons. The lowest BCUT2D eigenvalue weighted by molar-refractivity contribution is -0.114. The standard InChI is InChI=1S/C8H13F3O5S/c1-14-7(2-4-15-5-3-7)6-16-17(12,13)8(9,10)11/h2-6H2,1H3. The third kappa shape index (κ3) is 3.54. The van der Waals surface area contributed by atoms with Crippen molar-refractivity contribution >= 4 is 10.1 Å². The Labute approximate surface area is 97.0 Å². The fourth-order valence-electron chi connectivity index (χ4n) is 1.40. The smallest absolute Gasteiger partial charge is 0.381 e. The van der Waals surface area contributed by atoms with Crippen LogP contribution in [0.2, 0.25) is 0 Å². The maximum atomic E-state index is 12.0. The monoisotopic (exact) mass is 278 g/mol. The van der Waals surface area contributed by atoms with Gasteiger partial charge in [0.2, 0.25) is 0 Å². The first-order valence-electron chi connectivity index (χ1n) is 4.81. The summed E-state index contributed by atoms with van der Waals surface area (Å²) in [5.74, 6) is 0. The molecule has 1 heterocycles. The van der Waals surface area contributed by atoms with Crippen LogP contribution >= 0.6 is 0 Å². The molecule has 0 bridgehead atoms. The fraction of sp³-hybridized carbons (Fsp3) is 1.00. The van der Waals surface area contributed by atoms with Crippen LogP contribution in [0.3, 0.4) is 0 Å². The van der Waals surface area contributed by atoms with Crippen LogP contribution < -0.4 is 0 Å². The van der Waals surface area contributed by atoms with E-state index in [-0.39, 0.29) is 12.8 Å². The average Bonchev–Trinajstić information content (AvgIpc) is 2.26. The highest BCUT2D eigenvalue weighted by Gasteiger charge is 2.49. The van der Waals surface area contributed by atoms with Crippen molar-refractivity contribution in [1.29, 1.82) is 0 Å². The third-order valence-corrected chi connectivity index (χ3v) is 3.59. The van der Waals surface area contributed by atoms with Gasteiger partial charge < -0.3 is 9.47 Å². The maximum Gasteiger partial charge on any atom is 0.523 e. The number of rotatable bonds is 4. The fourth-order valence-corrected chi connectivity index (χ4v) is 1.91. The van der Waals surface area contributed by atoms with Gasteiger partial charge in [-0.05, 0) is 0 Å². The number of ether oxygens (including phenoxy) is 2. The molecule has 1 fully saturated rings. The van der Waals surface area contributed by atoms with E-state index in [1.165, 1.54) is 7.11 Å². The molecular formula is C8H13F3O5S. The van der Waals surface area contributed by atoms with Gasteiger partial charge in [0.1, 0.15) is 0 Å². The summed E-state index contributed by atoms with van der Waals surface area (Å²) in [6.07, 6.45) is 0.577. The van der Waals surface area contributed by atoms with Crippen LogP contribution in [-0.2, 0) is 23.8 Å². The summed E-state index contributed by atoms with van der Waals surface area (Å²) in [7, 11) is -4.27. The predicted molar refractivity (Wildman–Crippen MR) is 50.7 cm³/mol. The molecule has 1 aliphatic heterocycles. The Morgan fingerprint density at radius 3 is 2.24 bits per heavy atom. The van der Waals surface area contributed by atoms with Gasteiger partial charge in [0.05, 0.1) is 12.2 Å². The molecule has 0 saturated carbocycles. The minimum absolute atomic E-state index is 0.289. The highest BCUT2D eigenvalue weighted by molar-refractivity contribution is 7.87. The normalized spacial score (nSPS) is 21.4. The summed E-state index contributed by atoms with van der Waals surface area (Å²) in [6.45, 7) is -0.0682. The van der Waals surface area contributed by atoms with E-state index in [1.54, 1.807) is 0 Å². The van der Waals surface area contributed by atoms with Gasteiger partial charge in [-0.3, -0.25) is 4.18 Å². The molecule has 17 heavy (non-hydrogen) atoms. The minimum atomic E-state index is -5.57. The average molecular weight is 278 g/mol. The summed E-state index contributed by atoms with van der Waals surface area (Å²) < 4.78 is 71.6. The Morgan fingerprint density at radius 2 is 1.82 bits per heavy atom. The van der Waals surface area contributed by atoms with Gasteiger partial charge >= 0.3 is 15.6 Å². The van der Waals surface area contributed by atoms with Crippen LogP contribution in [0.1, 0.15) is 12.8 Å². The molecule has 0 spiro atoms. The zero-order chi connectivity index (χ0) is 13.2. The van der Waals surface area contributed by atoms with Gasteiger partial charge in [-0.2, -0.15) is 21.6 Å². The van der Waals surface area contributed by atoms with Gasteiger partial charge in [-0.1, -0.05) is 0 Å². The summed E-state index contributed by atoms with van der Waals surface area (Å²) in [4.78, 5) is 0. The largest absolute Gasteiger partial charge is 0.523 e. The summed E-state index contributed by atoms with van der Waals surface area (Å²) in [5.41, 5.74) is -6.44. The van der Waals surface area contributed by atoms with Crippen molar-refractivity contribution in [3.8, 4) is 0 Å². The van der Waals surface area contributed by atoms with Crippen molar-refractivity contribution in [3.05, 3.63) is 0 Å². The van der Waals surface area contributed by atoms with E-state index in [4.69, 9.17) is 9.47 Å². The molecule has 0 aromatic heterocycles. The molecule has 5 nitrogen and oxygen atoms in total. The third-order valence-electron chi connectivity index (χ3n) is 2.60. The van der Waals surface area contributed by atoms with Crippen molar-refractivity contribution in [3.63, 3.8) is 0 Å². The van der Waals surface area contributed by atoms with Crippen molar-refractivity contribution in [2.45, 2.75) is 24.0 Å². The quantitative estimate of drug-likeness (QED) is 0.568. The Balaban J connectivity index is 2.65. The molecule has 0 atom stereocenters. The molecular weight excluding hydrogens is 265 g/mol. The van der Waals surface area contributed by atoms with Crippen LogP contribution in [0.15, 0.2) is 0 Å². The summed E-state index contributed by atoms with van der Waals surface area (Å²) in [5, 5.41) is 0. The molecule has 9 heteroatoms. The van der Waals surface area contributed by atoms with Crippen LogP contribution in [0.5, 0.6) is 0 Å². The summed E-state index contributed by atoms with van der Waals surface area (Å²) in [6, 6.07) is 0. The second-order valence-corrected chi connectivity index (χ2v) is 5.27. The molecule has 0 N–H and O–H groups in total. The molecule has 0 aliphatic carbocycles. The number of hydrogen-bond donors (Lipinski definition) is 0. The van der Waals surface area contributed by atoms with Gasteiger partial charge in [0.15, 0.2) is 0 Å². The molecule has 0 unspecified atom stereocenters. The second kappa shape index (κ2) is 5.09. The Bertz CT molecular complexity index is 345. The van der Waals surface area contributed by atoms with Gasteiger partial charge in [-0.15, -0.1) is 0 Å². The zero-order valence-electron chi connectivity index (χ0n) is 9.12. The topological polar surface area (TPSA) is 61.8 Å². The van der Waals surface area contributed by atoms with Crippen molar-refractivity contribution < 1.29 is 35.2 Å². The lowest BCUT2D eigenvalue weighted by Gasteiger charge is -2.35. The molecule has 102 valence electrons. The maximum absolute atomic E-state index is 12.0. The minimum Gasteiger partial charge on any atom is -0.381 e. The molecule has 0 aromatic rings. The molecule has 0 amide bonds. The lowest BCUT2D eigenvalue weighted by Crippen LogP contribution is -2.44. The van der Waals surface area contributed by atoms with Crippen LogP contribution in [0, 0.1) is 0 Å².